The molecule has 15 heavy (non-hydrogen) atoms. The summed E-state index contributed by atoms with van der Waals surface area (Å²) in [6, 6.07) is 1.99. The lowest BCUT2D eigenvalue weighted by Crippen LogP contribution is -2.04. The van der Waals surface area contributed by atoms with Crippen LogP contribution in [-0.4, -0.2) is 23.3 Å². The molecule has 0 aliphatic rings. The molecule has 2 aromatic heterocycles. The minimum Gasteiger partial charge on any atom is -0.469 e. The molecule has 2 rings (SSSR count). The van der Waals surface area contributed by atoms with Crippen LogP contribution in [0.25, 0.3) is 11.3 Å². The summed E-state index contributed by atoms with van der Waals surface area (Å²) in [6.45, 7) is 0. The maximum atomic E-state index is 11.1. The number of nitrogens with one attached hydrogen (secondary N) is 1. The van der Waals surface area contributed by atoms with Crippen LogP contribution >= 0.6 is 11.3 Å². The zero-order chi connectivity index (χ0) is 10.7. The van der Waals surface area contributed by atoms with Crippen LogP contribution < -0.4 is 0 Å². The van der Waals surface area contributed by atoms with Gasteiger partial charge in [0, 0.05) is 16.5 Å². The van der Waals surface area contributed by atoms with Gasteiger partial charge >= 0.3 is 5.97 Å². The minimum atomic E-state index is -0.257. The van der Waals surface area contributed by atoms with Crippen molar-refractivity contribution in [2.75, 3.05) is 7.11 Å². The first-order valence-electron chi connectivity index (χ1n) is 4.43. The molecule has 2 aromatic rings. The molecule has 0 saturated carbocycles. The Morgan fingerprint density at radius 3 is 3.20 bits per heavy atom. The third-order valence-corrected chi connectivity index (χ3v) is 2.77. The van der Waals surface area contributed by atoms with E-state index in [1.54, 1.807) is 17.5 Å². The molecule has 0 amide bonds. The van der Waals surface area contributed by atoms with Gasteiger partial charge in [0.05, 0.1) is 25.4 Å². The van der Waals surface area contributed by atoms with Gasteiger partial charge in [0.15, 0.2) is 0 Å². The van der Waals surface area contributed by atoms with Crippen LogP contribution in [-0.2, 0) is 16.0 Å². The first kappa shape index (κ1) is 9.92. The number of rotatable bonds is 3. The highest BCUT2D eigenvalue weighted by molar-refractivity contribution is 7.08. The average molecular weight is 222 g/mol. The average Bonchev–Trinajstić information content (AvgIpc) is 2.86. The number of carbonyl (C=O) groups excluding carboxylic acids is 1. The summed E-state index contributed by atoms with van der Waals surface area (Å²) in [5, 5.41) is 10.8. The van der Waals surface area contributed by atoms with Gasteiger partial charge in [-0.15, -0.1) is 0 Å². The highest BCUT2D eigenvalue weighted by Gasteiger charge is 2.11. The third kappa shape index (κ3) is 2.07. The largest absolute Gasteiger partial charge is 0.469 e. The number of methoxy groups -OCH3 is 1. The summed E-state index contributed by atoms with van der Waals surface area (Å²) in [5.74, 6) is -0.257. The lowest BCUT2D eigenvalue weighted by Gasteiger charge is -1.99. The van der Waals surface area contributed by atoms with E-state index in [-0.39, 0.29) is 12.4 Å². The molecular weight excluding hydrogens is 212 g/mol. The van der Waals surface area contributed by atoms with Crippen molar-refractivity contribution in [3.05, 3.63) is 28.6 Å². The molecule has 0 aromatic carbocycles. The monoisotopic (exact) mass is 222 g/mol. The number of aromatic nitrogens is 2. The summed E-state index contributed by atoms with van der Waals surface area (Å²) in [5.41, 5.74) is 2.80. The smallest absolute Gasteiger partial charge is 0.310 e. The molecule has 0 saturated heterocycles. The topological polar surface area (TPSA) is 55.0 Å². The Balaban J connectivity index is 2.27. The molecule has 0 unspecified atom stereocenters. The molecule has 0 aliphatic heterocycles. The predicted octanol–water partition coefficient (Wildman–Crippen LogP) is 1.85. The number of aromatic amines is 1. The molecular formula is C10H10N2O2S. The van der Waals surface area contributed by atoms with Crippen LogP contribution in [0.4, 0.5) is 0 Å². The van der Waals surface area contributed by atoms with Crippen LogP contribution in [0, 0.1) is 0 Å². The first-order valence-corrected chi connectivity index (χ1v) is 5.37. The van der Waals surface area contributed by atoms with Crippen molar-refractivity contribution >= 4 is 17.3 Å². The summed E-state index contributed by atoms with van der Waals surface area (Å²) in [6.07, 6.45) is 1.90. The zero-order valence-corrected chi connectivity index (χ0v) is 9.00. The summed E-state index contributed by atoms with van der Waals surface area (Å²) >= 11 is 1.61. The maximum absolute atomic E-state index is 11.1. The number of H-pyrrole nitrogens is 1. The van der Waals surface area contributed by atoms with Crippen LogP contribution in [0.15, 0.2) is 23.0 Å². The second-order valence-corrected chi connectivity index (χ2v) is 3.82. The Morgan fingerprint density at radius 1 is 1.67 bits per heavy atom. The lowest BCUT2D eigenvalue weighted by molar-refractivity contribution is -0.139. The molecule has 0 bridgehead atoms. The van der Waals surface area contributed by atoms with E-state index in [1.807, 2.05) is 16.8 Å². The molecule has 1 N–H and O–H groups in total. The highest BCUT2D eigenvalue weighted by Crippen LogP contribution is 2.23. The molecule has 78 valence electrons. The Hall–Kier alpha value is -1.62. The van der Waals surface area contributed by atoms with Gasteiger partial charge in [-0.05, 0) is 11.4 Å². The molecule has 0 radical (unpaired) electrons. The van der Waals surface area contributed by atoms with E-state index >= 15 is 0 Å². The van der Waals surface area contributed by atoms with Crippen molar-refractivity contribution in [3.8, 4) is 11.3 Å². The maximum Gasteiger partial charge on any atom is 0.310 e. The van der Waals surface area contributed by atoms with Gasteiger partial charge in [-0.1, -0.05) is 0 Å². The van der Waals surface area contributed by atoms with Gasteiger partial charge in [-0.3, -0.25) is 9.89 Å². The van der Waals surface area contributed by atoms with Crippen LogP contribution in [0.1, 0.15) is 5.56 Å². The normalized spacial score (nSPS) is 10.2. The molecule has 0 fully saturated rings. The van der Waals surface area contributed by atoms with E-state index in [0.29, 0.717) is 0 Å². The minimum absolute atomic E-state index is 0.248. The van der Waals surface area contributed by atoms with Gasteiger partial charge in [-0.25, -0.2) is 0 Å². The van der Waals surface area contributed by atoms with Crippen molar-refractivity contribution in [3.63, 3.8) is 0 Å². The third-order valence-electron chi connectivity index (χ3n) is 2.09. The molecule has 2 heterocycles. The SMILES string of the molecule is COC(=O)Cc1cn[nH]c1-c1ccsc1. The molecule has 5 heteroatoms. The van der Waals surface area contributed by atoms with Gasteiger partial charge in [0.1, 0.15) is 0 Å². The molecule has 0 spiro atoms. The number of thiophene rings is 1. The van der Waals surface area contributed by atoms with Gasteiger partial charge < -0.3 is 4.74 Å². The first-order chi connectivity index (χ1) is 7.31. The number of carbonyl (C=O) groups is 1. The van der Waals surface area contributed by atoms with Gasteiger partial charge in [-0.2, -0.15) is 16.4 Å². The van der Waals surface area contributed by atoms with Crippen LogP contribution in [0.3, 0.4) is 0 Å². The fourth-order valence-electron chi connectivity index (χ4n) is 1.33. The second kappa shape index (κ2) is 4.27. The number of hydrogen-bond acceptors (Lipinski definition) is 4. The second-order valence-electron chi connectivity index (χ2n) is 3.04. The summed E-state index contributed by atoms with van der Waals surface area (Å²) in [7, 11) is 1.38. The van der Waals surface area contributed by atoms with Crippen molar-refractivity contribution in [2.45, 2.75) is 6.42 Å². The number of hydrogen-bond donors (Lipinski definition) is 1. The summed E-state index contributed by atoms with van der Waals surface area (Å²) < 4.78 is 4.62. The van der Waals surface area contributed by atoms with Crippen molar-refractivity contribution in [2.24, 2.45) is 0 Å². The van der Waals surface area contributed by atoms with E-state index < -0.39 is 0 Å². The highest BCUT2D eigenvalue weighted by atomic mass is 32.1. The number of nitrogens with zero attached hydrogens (tertiary/aromatic N) is 1. The number of esters is 1. The fourth-order valence-corrected chi connectivity index (χ4v) is 1.98. The van der Waals surface area contributed by atoms with E-state index in [0.717, 1.165) is 16.8 Å². The molecule has 4 nitrogen and oxygen atoms in total. The quantitative estimate of drug-likeness (QED) is 0.806. The van der Waals surface area contributed by atoms with Crippen molar-refractivity contribution in [1.82, 2.24) is 10.2 Å². The van der Waals surface area contributed by atoms with Crippen molar-refractivity contribution in [1.29, 1.82) is 0 Å². The zero-order valence-electron chi connectivity index (χ0n) is 8.19. The standard InChI is InChI=1S/C10H10N2O2S/c1-14-9(13)4-8-5-11-12-10(8)7-2-3-15-6-7/h2-3,5-6H,4H2,1H3,(H,11,12). The Labute approximate surface area is 90.9 Å². The summed E-state index contributed by atoms with van der Waals surface area (Å²) in [4.78, 5) is 11.1. The fraction of sp³-hybridized carbons (Fsp3) is 0.200. The van der Waals surface area contributed by atoms with Crippen molar-refractivity contribution < 1.29 is 9.53 Å². The lowest BCUT2D eigenvalue weighted by atomic mass is 10.1. The van der Waals surface area contributed by atoms with E-state index in [2.05, 4.69) is 14.9 Å². The molecule has 0 atom stereocenters. The Morgan fingerprint density at radius 2 is 2.53 bits per heavy atom. The Kier molecular flexibility index (Phi) is 2.82. The Bertz CT molecular complexity index is 448. The van der Waals surface area contributed by atoms with Gasteiger partial charge in [0.2, 0.25) is 0 Å². The van der Waals surface area contributed by atoms with E-state index in [1.165, 1.54) is 7.11 Å². The van der Waals surface area contributed by atoms with E-state index in [4.69, 9.17) is 0 Å². The van der Waals surface area contributed by atoms with Gasteiger partial charge in [0.25, 0.3) is 0 Å². The molecule has 0 aliphatic carbocycles. The van der Waals surface area contributed by atoms with E-state index in [9.17, 15) is 4.79 Å². The van der Waals surface area contributed by atoms with Crippen LogP contribution in [0.2, 0.25) is 0 Å². The number of ether oxygens (including phenoxy) is 1. The van der Waals surface area contributed by atoms with Crippen LogP contribution in [0.5, 0.6) is 0 Å². The predicted molar refractivity (Wildman–Crippen MR) is 57.6 cm³/mol.